The molecule has 1 aromatic heterocycles. The van der Waals surface area contributed by atoms with Gasteiger partial charge in [-0.15, -0.1) is 0 Å². The van der Waals surface area contributed by atoms with Gasteiger partial charge >= 0.3 is 0 Å². The number of fused-ring (bicyclic) bond motifs is 6. The minimum Gasteiger partial charge on any atom is -0.333 e. The second-order valence-electron chi connectivity index (χ2n) is 18.7. The molecule has 3 atom stereocenters. The van der Waals surface area contributed by atoms with E-state index in [1.807, 2.05) is 0 Å². The quantitative estimate of drug-likeness (QED) is 0.150. The van der Waals surface area contributed by atoms with Crippen molar-refractivity contribution in [1.29, 1.82) is 0 Å². The van der Waals surface area contributed by atoms with Crippen LogP contribution in [0, 0.1) is 0 Å². The second-order valence-corrected chi connectivity index (χ2v) is 18.7. The number of amidine groups is 2. The molecule has 0 fully saturated rings. The van der Waals surface area contributed by atoms with Crippen molar-refractivity contribution in [2.45, 2.75) is 36.4 Å². The number of hydrogen-bond donors (Lipinski definition) is 0. The van der Waals surface area contributed by atoms with E-state index in [0.717, 1.165) is 41.2 Å². The molecule has 1 aliphatic heterocycles. The lowest BCUT2D eigenvalue weighted by atomic mass is 9.65. The van der Waals surface area contributed by atoms with Crippen LogP contribution in [-0.2, 0) is 5.41 Å². The summed E-state index contributed by atoms with van der Waals surface area (Å²) in [5.74, 6) is 1.66. The van der Waals surface area contributed by atoms with Crippen LogP contribution in [0.1, 0.15) is 63.7 Å². The van der Waals surface area contributed by atoms with Crippen molar-refractivity contribution < 1.29 is 0 Å². The van der Waals surface area contributed by atoms with Crippen molar-refractivity contribution in [2.75, 3.05) is 7.05 Å². The third-order valence-electron chi connectivity index (χ3n) is 14.9. The maximum absolute atomic E-state index is 5.41. The SMILES string of the molecule is CN1C(c2ccccc2)=NC(c2cccc(-c3cccc4c5ccccc5n(C5C=CC=CC5c5cccc6c5C(c5ccccc5)(c5ccccc5)c5ccccc5-6)c34)c2)=NC1C1=CCCC=C1. The average Bonchev–Trinajstić information content (AvgIpc) is 3.93. The maximum Gasteiger partial charge on any atom is 0.159 e. The van der Waals surface area contributed by atoms with Gasteiger partial charge in [-0.2, -0.15) is 0 Å². The van der Waals surface area contributed by atoms with E-state index < -0.39 is 5.41 Å². The molecule has 69 heavy (non-hydrogen) atoms. The lowest BCUT2D eigenvalue weighted by Crippen LogP contribution is -2.41. The highest BCUT2D eigenvalue weighted by Gasteiger charge is 2.48. The zero-order valence-electron chi connectivity index (χ0n) is 38.5. The zero-order valence-corrected chi connectivity index (χ0v) is 38.5. The third-order valence-corrected chi connectivity index (χ3v) is 14.9. The van der Waals surface area contributed by atoms with E-state index in [9.17, 15) is 0 Å². The number of rotatable bonds is 8. The fourth-order valence-corrected chi connectivity index (χ4v) is 12.0. The summed E-state index contributed by atoms with van der Waals surface area (Å²) in [6, 6.07) is 73.7. The van der Waals surface area contributed by atoms with Crippen LogP contribution in [0.15, 0.2) is 258 Å². The summed E-state index contributed by atoms with van der Waals surface area (Å²) in [7, 11) is 2.12. The average molecular weight is 887 g/mol. The molecule has 0 amide bonds. The van der Waals surface area contributed by atoms with Gasteiger partial charge in [-0.05, 0) is 75.1 Å². The molecule has 9 aromatic rings. The first-order valence-electron chi connectivity index (χ1n) is 24.3. The van der Waals surface area contributed by atoms with Gasteiger partial charge in [-0.3, -0.25) is 0 Å². The predicted octanol–water partition coefficient (Wildman–Crippen LogP) is 15.0. The van der Waals surface area contributed by atoms with E-state index in [2.05, 4.69) is 259 Å². The van der Waals surface area contributed by atoms with Gasteiger partial charge in [0.15, 0.2) is 5.84 Å². The topological polar surface area (TPSA) is 32.9 Å². The molecular formula is C65H50N4. The summed E-state index contributed by atoms with van der Waals surface area (Å²) in [5.41, 5.74) is 16.6. The minimum atomic E-state index is -0.528. The Bertz CT molecular complexity index is 3600. The Hall–Kier alpha value is -8.34. The van der Waals surface area contributed by atoms with Crippen LogP contribution in [0.5, 0.6) is 0 Å². The van der Waals surface area contributed by atoms with Crippen molar-refractivity contribution in [3.05, 3.63) is 287 Å². The van der Waals surface area contributed by atoms with Crippen molar-refractivity contribution >= 4 is 33.5 Å². The molecule has 330 valence electrons. The molecule has 0 radical (unpaired) electrons. The standard InChI is InChI=1S/C65H50N4/c1-68-63(44-23-6-2-7-24-44)66-62(67-64(68)45-25-8-3-9-26-45)47-28-20-27-46(43-47)50-36-21-39-56-53-35-16-19-42-59(53)69(61(50)56)58-41-18-15-34-52(58)55-38-22-37-54-51-33-14-17-40-57(51)65(60(54)55,48-29-10-4-11-30-48)49-31-12-5-13-32-49/h2,4-8,10-43,52,58,64H,3,9H2,1H3. The molecule has 0 saturated heterocycles. The van der Waals surface area contributed by atoms with Crippen LogP contribution in [0.2, 0.25) is 0 Å². The minimum absolute atomic E-state index is 0.00358. The number of hydrogen-bond acceptors (Lipinski definition) is 3. The Morgan fingerprint density at radius 2 is 1.19 bits per heavy atom. The molecule has 0 saturated carbocycles. The van der Waals surface area contributed by atoms with E-state index >= 15 is 0 Å². The Morgan fingerprint density at radius 3 is 1.99 bits per heavy atom. The fraction of sp³-hybridized carbons (Fsp3) is 0.108. The monoisotopic (exact) mass is 886 g/mol. The van der Waals surface area contributed by atoms with Gasteiger partial charge in [0.2, 0.25) is 0 Å². The summed E-state index contributed by atoms with van der Waals surface area (Å²) in [6.45, 7) is 0. The van der Waals surface area contributed by atoms with Crippen LogP contribution in [-0.4, -0.2) is 34.4 Å². The Morgan fingerprint density at radius 1 is 0.551 bits per heavy atom. The molecule has 4 nitrogen and oxygen atoms in total. The number of aliphatic imine (C=N–C) groups is 2. The van der Waals surface area contributed by atoms with Crippen molar-refractivity contribution in [2.24, 2.45) is 9.98 Å². The van der Waals surface area contributed by atoms with Crippen molar-refractivity contribution in [1.82, 2.24) is 9.47 Å². The van der Waals surface area contributed by atoms with E-state index in [4.69, 9.17) is 9.98 Å². The Balaban J connectivity index is 1.00. The maximum atomic E-state index is 5.41. The van der Waals surface area contributed by atoms with Crippen LogP contribution >= 0.6 is 0 Å². The van der Waals surface area contributed by atoms with Crippen molar-refractivity contribution in [3.63, 3.8) is 0 Å². The Labute approximate surface area is 404 Å². The van der Waals surface area contributed by atoms with Gasteiger partial charge in [0.25, 0.3) is 0 Å². The lowest BCUT2D eigenvalue weighted by Gasteiger charge is -2.38. The number of benzene rings is 8. The van der Waals surface area contributed by atoms with Crippen LogP contribution in [0.4, 0.5) is 0 Å². The molecule has 2 heterocycles. The zero-order chi connectivity index (χ0) is 45.9. The summed E-state index contributed by atoms with van der Waals surface area (Å²) in [5, 5.41) is 2.48. The predicted molar refractivity (Wildman–Crippen MR) is 286 cm³/mol. The summed E-state index contributed by atoms with van der Waals surface area (Å²) >= 11 is 0. The summed E-state index contributed by atoms with van der Waals surface area (Å²) in [6.07, 6.45) is 18.1. The summed E-state index contributed by atoms with van der Waals surface area (Å²) < 4.78 is 2.64. The van der Waals surface area contributed by atoms with Gasteiger partial charge in [-0.25, -0.2) is 9.98 Å². The van der Waals surface area contributed by atoms with Gasteiger partial charge in [0.1, 0.15) is 12.0 Å². The molecule has 0 spiro atoms. The van der Waals surface area contributed by atoms with Crippen molar-refractivity contribution in [3.8, 4) is 22.3 Å². The number of nitrogens with zero attached hydrogens (tertiary/aromatic N) is 4. The molecule has 8 aromatic carbocycles. The smallest absolute Gasteiger partial charge is 0.159 e. The number of para-hydroxylation sites is 2. The highest BCUT2D eigenvalue weighted by molar-refractivity contribution is 6.15. The van der Waals surface area contributed by atoms with Crippen LogP contribution in [0.3, 0.4) is 0 Å². The Kier molecular flexibility index (Phi) is 9.94. The number of likely N-dealkylation sites (N-methyl/N-ethyl adjacent to an activating group) is 1. The van der Waals surface area contributed by atoms with Crippen LogP contribution in [0.25, 0.3) is 44.1 Å². The normalized spacial score (nSPS) is 19.0. The molecule has 3 aliphatic carbocycles. The molecule has 4 aliphatic rings. The largest absolute Gasteiger partial charge is 0.333 e. The van der Waals surface area contributed by atoms with E-state index in [1.165, 1.54) is 71.9 Å². The van der Waals surface area contributed by atoms with Crippen LogP contribution < -0.4 is 0 Å². The van der Waals surface area contributed by atoms with Gasteiger partial charge in [0.05, 0.1) is 17.0 Å². The summed E-state index contributed by atoms with van der Waals surface area (Å²) in [4.78, 5) is 13.0. The van der Waals surface area contributed by atoms with E-state index in [-0.39, 0.29) is 18.1 Å². The molecule has 4 heteroatoms. The van der Waals surface area contributed by atoms with Gasteiger partial charge in [-0.1, -0.05) is 231 Å². The molecule has 0 N–H and O–H groups in total. The molecular weight excluding hydrogens is 837 g/mol. The third kappa shape index (κ3) is 6.50. The lowest BCUT2D eigenvalue weighted by molar-refractivity contribution is 0.420. The highest BCUT2D eigenvalue weighted by atomic mass is 15.3. The first-order chi connectivity index (χ1) is 34.2. The first kappa shape index (κ1) is 40.9. The van der Waals surface area contributed by atoms with E-state index in [1.54, 1.807) is 0 Å². The van der Waals surface area contributed by atoms with E-state index in [0.29, 0.717) is 0 Å². The molecule has 3 unspecified atom stereocenters. The van der Waals surface area contributed by atoms with Gasteiger partial charge in [0, 0.05) is 45.9 Å². The first-order valence-corrected chi connectivity index (χ1v) is 24.3. The fourth-order valence-electron chi connectivity index (χ4n) is 12.0. The number of allylic oxidation sites excluding steroid dienone is 6. The molecule has 0 bridgehead atoms. The molecule has 13 rings (SSSR count). The number of aromatic nitrogens is 1. The highest BCUT2D eigenvalue weighted by Crippen LogP contribution is 2.59. The van der Waals surface area contributed by atoms with Gasteiger partial charge < -0.3 is 9.47 Å². The second kappa shape index (κ2) is 16.8.